The highest BCUT2D eigenvalue weighted by Gasteiger charge is 2.40. The summed E-state index contributed by atoms with van der Waals surface area (Å²) in [5.41, 5.74) is 7.38. The molecule has 0 heterocycles. The van der Waals surface area contributed by atoms with Crippen molar-refractivity contribution in [3.05, 3.63) is 29.8 Å². The van der Waals surface area contributed by atoms with E-state index in [-0.39, 0.29) is 24.2 Å². The third kappa shape index (κ3) is 5.35. The largest absolute Gasteiger partial charge is 0.491 e. The zero-order chi connectivity index (χ0) is 17.6. The number of carbonyl (C=O) groups excluding carboxylic acids is 1. The summed E-state index contributed by atoms with van der Waals surface area (Å²) in [7, 11) is 1.65. The highest BCUT2D eigenvalue weighted by atomic mass is 35.5. The smallest absolute Gasteiger partial charge is 0.223 e. The Bertz CT molecular complexity index is 570. The molecule has 1 aromatic rings. The number of fused-ring (bicyclic) bond motifs is 2. The monoisotopic (exact) mass is 382 g/mol. The van der Waals surface area contributed by atoms with Crippen LogP contribution < -0.4 is 15.8 Å². The van der Waals surface area contributed by atoms with Crippen molar-refractivity contribution in [2.75, 3.05) is 20.3 Å². The van der Waals surface area contributed by atoms with Crippen LogP contribution in [0.3, 0.4) is 0 Å². The van der Waals surface area contributed by atoms with E-state index in [9.17, 15) is 4.79 Å². The molecule has 2 unspecified atom stereocenters. The number of nitrogens with one attached hydrogen (secondary N) is 1. The maximum absolute atomic E-state index is 12.6. The number of rotatable bonds is 7. The molecular weight excluding hydrogens is 352 g/mol. The van der Waals surface area contributed by atoms with Gasteiger partial charge in [-0.2, -0.15) is 0 Å². The Morgan fingerprint density at radius 1 is 1.23 bits per heavy atom. The van der Waals surface area contributed by atoms with Gasteiger partial charge in [0.25, 0.3) is 0 Å². The number of nitrogens with two attached hydrogens (primary N) is 1. The molecule has 0 aromatic heterocycles. The van der Waals surface area contributed by atoms with E-state index < -0.39 is 0 Å². The van der Waals surface area contributed by atoms with E-state index in [0.717, 1.165) is 24.2 Å². The van der Waals surface area contributed by atoms with Crippen LogP contribution in [0.1, 0.15) is 37.7 Å². The number of amides is 1. The normalized spacial score (nSPS) is 27.3. The lowest BCUT2D eigenvalue weighted by molar-refractivity contribution is -0.128. The predicted molar refractivity (Wildman–Crippen MR) is 104 cm³/mol. The molecule has 2 aliphatic carbocycles. The van der Waals surface area contributed by atoms with Gasteiger partial charge in [0.15, 0.2) is 0 Å². The van der Waals surface area contributed by atoms with Crippen LogP contribution >= 0.6 is 12.4 Å². The summed E-state index contributed by atoms with van der Waals surface area (Å²) in [5.74, 6) is 2.16. The summed E-state index contributed by atoms with van der Waals surface area (Å²) in [4.78, 5) is 12.6. The summed E-state index contributed by atoms with van der Waals surface area (Å²) >= 11 is 0. The molecule has 0 aliphatic heterocycles. The molecule has 2 atom stereocenters. The van der Waals surface area contributed by atoms with Crippen molar-refractivity contribution in [3.63, 3.8) is 0 Å². The predicted octanol–water partition coefficient (Wildman–Crippen LogP) is 2.90. The Morgan fingerprint density at radius 2 is 1.96 bits per heavy atom. The molecule has 0 spiro atoms. The number of benzene rings is 1. The second kappa shape index (κ2) is 10.1. The quantitative estimate of drug-likeness (QED) is 0.711. The Morgan fingerprint density at radius 3 is 2.65 bits per heavy atom. The molecule has 1 amide bonds. The van der Waals surface area contributed by atoms with Gasteiger partial charge in [0.2, 0.25) is 5.91 Å². The molecule has 0 saturated heterocycles. The third-order valence-electron chi connectivity index (χ3n) is 5.71. The van der Waals surface area contributed by atoms with Gasteiger partial charge in [0.05, 0.1) is 6.61 Å². The molecule has 2 saturated carbocycles. The standard InChI is InChI=1S/C20H30N2O3.ClH/c1-24-8-9-25-18-7-2-4-14(10-18)13-22-20(23)17-11-15-5-3-6-16(12-17)19(15)21;/h2,4,7,10,15-17,19H,3,5-6,8-9,11-13,21H2,1H3,(H,22,23);1H. The van der Waals surface area contributed by atoms with Gasteiger partial charge in [-0.25, -0.2) is 0 Å². The van der Waals surface area contributed by atoms with Crippen LogP contribution in [0.2, 0.25) is 0 Å². The summed E-state index contributed by atoms with van der Waals surface area (Å²) in [6.45, 7) is 1.63. The first-order chi connectivity index (χ1) is 12.2. The van der Waals surface area contributed by atoms with Crippen LogP contribution in [0.5, 0.6) is 5.75 Å². The van der Waals surface area contributed by atoms with Crippen molar-refractivity contribution in [2.24, 2.45) is 23.5 Å². The second-order valence-electron chi connectivity index (χ2n) is 7.40. The van der Waals surface area contributed by atoms with Crippen molar-refractivity contribution in [2.45, 2.75) is 44.7 Å². The lowest BCUT2D eigenvalue weighted by atomic mass is 9.65. The van der Waals surface area contributed by atoms with Gasteiger partial charge in [-0.05, 0) is 55.2 Å². The zero-order valence-corrected chi connectivity index (χ0v) is 16.3. The van der Waals surface area contributed by atoms with Crippen LogP contribution in [-0.4, -0.2) is 32.3 Å². The van der Waals surface area contributed by atoms with Crippen LogP contribution in [0.15, 0.2) is 24.3 Å². The van der Waals surface area contributed by atoms with Gasteiger partial charge < -0.3 is 20.5 Å². The van der Waals surface area contributed by atoms with Gasteiger partial charge in [0.1, 0.15) is 12.4 Å². The first-order valence-electron chi connectivity index (χ1n) is 9.41. The van der Waals surface area contributed by atoms with Crippen LogP contribution in [0.25, 0.3) is 0 Å². The minimum absolute atomic E-state index is 0. The lowest BCUT2D eigenvalue weighted by Gasteiger charge is -2.43. The van der Waals surface area contributed by atoms with E-state index in [1.165, 1.54) is 19.3 Å². The lowest BCUT2D eigenvalue weighted by Crippen LogP contribution is -2.49. The van der Waals surface area contributed by atoms with Gasteiger partial charge in [-0.1, -0.05) is 18.6 Å². The van der Waals surface area contributed by atoms with Crippen molar-refractivity contribution in [3.8, 4) is 5.75 Å². The minimum Gasteiger partial charge on any atom is -0.491 e. The van der Waals surface area contributed by atoms with Crippen molar-refractivity contribution in [1.29, 1.82) is 0 Å². The Hall–Kier alpha value is -1.30. The van der Waals surface area contributed by atoms with E-state index in [0.29, 0.717) is 37.6 Å². The van der Waals surface area contributed by atoms with Gasteiger partial charge in [0, 0.05) is 25.6 Å². The summed E-state index contributed by atoms with van der Waals surface area (Å²) in [5, 5.41) is 3.11. The molecule has 1 aromatic carbocycles. The first-order valence-corrected chi connectivity index (χ1v) is 9.41. The summed E-state index contributed by atoms with van der Waals surface area (Å²) in [6, 6.07) is 8.16. The fourth-order valence-corrected chi connectivity index (χ4v) is 4.32. The van der Waals surface area contributed by atoms with Crippen molar-refractivity contribution >= 4 is 18.3 Å². The van der Waals surface area contributed by atoms with Gasteiger partial charge in [-0.15, -0.1) is 12.4 Å². The summed E-state index contributed by atoms with van der Waals surface area (Å²) < 4.78 is 10.6. The van der Waals surface area contributed by atoms with E-state index in [4.69, 9.17) is 15.2 Å². The minimum atomic E-state index is 0. The second-order valence-corrected chi connectivity index (χ2v) is 7.40. The average molecular weight is 383 g/mol. The zero-order valence-electron chi connectivity index (χ0n) is 15.5. The molecule has 26 heavy (non-hydrogen) atoms. The number of hydrogen-bond donors (Lipinski definition) is 2. The Balaban J connectivity index is 0.00000243. The van der Waals surface area contributed by atoms with Crippen molar-refractivity contribution in [1.82, 2.24) is 5.32 Å². The van der Waals surface area contributed by atoms with E-state index in [2.05, 4.69) is 5.32 Å². The molecule has 2 fully saturated rings. The van der Waals surface area contributed by atoms with Crippen molar-refractivity contribution < 1.29 is 14.3 Å². The van der Waals surface area contributed by atoms with E-state index in [1.54, 1.807) is 7.11 Å². The molecule has 2 bridgehead atoms. The van der Waals surface area contributed by atoms with Crippen LogP contribution in [-0.2, 0) is 16.1 Å². The highest BCUT2D eigenvalue weighted by molar-refractivity contribution is 5.85. The highest BCUT2D eigenvalue weighted by Crippen LogP contribution is 2.41. The topological polar surface area (TPSA) is 73.6 Å². The molecule has 3 rings (SSSR count). The van der Waals surface area contributed by atoms with Crippen LogP contribution in [0, 0.1) is 17.8 Å². The number of ether oxygens (including phenoxy) is 2. The fourth-order valence-electron chi connectivity index (χ4n) is 4.32. The SMILES string of the molecule is COCCOc1cccc(CNC(=O)C2CC3CCCC(C2)C3N)c1.Cl. The Labute approximate surface area is 162 Å². The van der Waals surface area contributed by atoms with Gasteiger partial charge in [-0.3, -0.25) is 4.79 Å². The molecule has 2 aliphatic rings. The average Bonchev–Trinajstić information content (AvgIpc) is 2.60. The summed E-state index contributed by atoms with van der Waals surface area (Å²) in [6.07, 6.45) is 5.53. The van der Waals surface area contributed by atoms with E-state index >= 15 is 0 Å². The molecular formula is C20H31ClN2O3. The molecule has 0 radical (unpaired) electrons. The molecule has 5 nitrogen and oxygen atoms in total. The van der Waals surface area contributed by atoms with E-state index in [1.807, 2.05) is 24.3 Å². The van der Waals surface area contributed by atoms with Crippen LogP contribution in [0.4, 0.5) is 0 Å². The molecule has 146 valence electrons. The Kier molecular flexibility index (Phi) is 8.19. The number of carbonyl (C=O) groups is 1. The molecule has 3 N–H and O–H groups in total. The third-order valence-corrected chi connectivity index (χ3v) is 5.71. The maximum atomic E-state index is 12.6. The first kappa shape index (κ1) is 21.0. The number of methoxy groups -OCH3 is 1. The maximum Gasteiger partial charge on any atom is 0.223 e. The van der Waals surface area contributed by atoms with Gasteiger partial charge >= 0.3 is 0 Å². The molecule has 6 heteroatoms. The number of halogens is 1. The fraction of sp³-hybridized carbons (Fsp3) is 0.650. The number of hydrogen-bond acceptors (Lipinski definition) is 4.